The Bertz CT molecular complexity index is 595. The van der Waals surface area contributed by atoms with E-state index in [2.05, 4.69) is 20.6 Å². The number of carbonyl (C=O) groups excluding carboxylic acids is 1. The SMILES string of the molecule is O=C(CNCc1cnc2ccccc2n1)NC1CC1. The number of nitrogens with one attached hydrogen (secondary N) is 2. The molecule has 1 fully saturated rings. The lowest BCUT2D eigenvalue weighted by Crippen LogP contribution is -2.34. The molecule has 0 radical (unpaired) electrons. The predicted molar refractivity (Wildman–Crippen MR) is 72.4 cm³/mol. The van der Waals surface area contributed by atoms with E-state index in [0.717, 1.165) is 29.6 Å². The molecule has 2 aromatic rings. The topological polar surface area (TPSA) is 66.9 Å². The predicted octanol–water partition coefficient (Wildman–Crippen LogP) is 0.998. The van der Waals surface area contributed by atoms with Crippen LogP contribution in [0, 0.1) is 0 Å². The molecule has 1 aromatic carbocycles. The third kappa shape index (κ3) is 3.26. The Morgan fingerprint density at radius 1 is 1.26 bits per heavy atom. The zero-order valence-corrected chi connectivity index (χ0v) is 10.6. The monoisotopic (exact) mass is 256 g/mol. The minimum Gasteiger partial charge on any atom is -0.352 e. The highest BCUT2D eigenvalue weighted by molar-refractivity contribution is 5.78. The van der Waals surface area contributed by atoms with Gasteiger partial charge >= 0.3 is 0 Å². The molecular weight excluding hydrogens is 240 g/mol. The third-order valence-corrected chi connectivity index (χ3v) is 3.03. The van der Waals surface area contributed by atoms with Gasteiger partial charge in [0.2, 0.25) is 5.91 Å². The van der Waals surface area contributed by atoms with Crippen LogP contribution in [0.15, 0.2) is 30.5 Å². The number of carbonyl (C=O) groups is 1. The average Bonchev–Trinajstić information content (AvgIpc) is 3.22. The number of hydrogen-bond donors (Lipinski definition) is 2. The van der Waals surface area contributed by atoms with Crippen molar-refractivity contribution in [3.8, 4) is 0 Å². The average molecular weight is 256 g/mol. The standard InChI is InChI=1S/C14H16N4O/c19-14(18-10-5-6-10)9-15-7-11-8-16-12-3-1-2-4-13(12)17-11/h1-4,8,10,15H,5-7,9H2,(H,18,19). The van der Waals surface area contributed by atoms with Gasteiger partial charge in [-0.1, -0.05) is 12.1 Å². The van der Waals surface area contributed by atoms with Crippen LogP contribution in [0.3, 0.4) is 0 Å². The van der Waals surface area contributed by atoms with E-state index >= 15 is 0 Å². The highest BCUT2D eigenvalue weighted by Gasteiger charge is 2.22. The zero-order chi connectivity index (χ0) is 13.1. The van der Waals surface area contributed by atoms with Crippen LogP contribution in [0.5, 0.6) is 0 Å². The first kappa shape index (κ1) is 12.0. The second-order valence-corrected chi connectivity index (χ2v) is 4.80. The summed E-state index contributed by atoms with van der Waals surface area (Å²) < 4.78 is 0. The molecule has 2 N–H and O–H groups in total. The Labute approximate surface area is 111 Å². The van der Waals surface area contributed by atoms with Crippen LogP contribution in [0.2, 0.25) is 0 Å². The van der Waals surface area contributed by atoms with Crippen molar-refractivity contribution in [2.45, 2.75) is 25.4 Å². The summed E-state index contributed by atoms with van der Waals surface area (Å²) in [5, 5.41) is 6.02. The highest BCUT2D eigenvalue weighted by atomic mass is 16.2. The summed E-state index contributed by atoms with van der Waals surface area (Å²) in [5.41, 5.74) is 2.61. The summed E-state index contributed by atoms with van der Waals surface area (Å²) in [6.07, 6.45) is 3.97. The van der Waals surface area contributed by atoms with Gasteiger partial charge in [0.05, 0.1) is 29.5 Å². The largest absolute Gasteiger partial charge is 0.352 e. The second kappa shape index (κ2) is 5.32. The van der Waals surface area contributed by atoms with E-state index in [0.29, 0.717) is 19.1 Å². The summed E-state index contributed by atoms with van der Waals surface area (Å²) in [4.78, 5) is 20.3. The Morgan fingerprint density at radius 2 is 2.05 bits per heavy atom. The van der Waals surface area contributed by atoms with Gasteiger partial charge in [-0.05, 0) is 25.0 Å². The lowest BCUT2D eigenvalue weighted by molar-refractivity contribution is -0.120. The van der Waals surface area contributed by atoms with E-state index in [-0.39, 0.29) is 5.91 Å². The molecule has 1 saturated carbocycles. The molecule has 1 heterocycles. The number of benzene rings is 1. The van der Waals surface area contributed by atoms with Gasteiger partial charge in [-0.2, -0.15) is 0 Å². The van der Waals surface area contributed by atoms with Crippen LogP contribution < -0.4 is 10.6 Å². The second-order valence-electron chi connectivity index (χ2n) is 4.80. The van der Waals surface area contributed by atoms with Gasteiger partial charge in [-0.25, -0.2) is 4.98 Å². The maximum atomic E-state index is 11.5. The minimum absolute atomic E-state index is 0.0521. The lowest BCUT2D eigenvalue weighted by atomic mass is 10.3. The van der Waals surface area contributed by atoms with Gasteiger partial charge in [0, 0.05) is 12.6 Å². The number of para-hydroxylation sites is 2. The van der Waals surface area contributed by atoms with Crippen LogP contribution in [-0.4, -0.2) is 28.5 Å². The molecule has 0 saturated heterocycles. The Morgan fingerprint density at radius 3 is 2.84 bits per heavy atom. The first-order chi connectivity index (χ1) is 9.31. The number of aromatic nitrogens is 2. The summed E-state index contributed by atoms with van der Waals surface area (Å²) in [6, 6.07) is 8.16. The highest BCUT2D eigenvalue weighted by Crippen LogP contribution is 2.18. The fourth-order valence-corrected chi connectivity index (χ4v) is 1.89. The van der Waals surface area contributed by atoms with Crippen molar-refractivity contribution < 1.29 is 4.79 Å². The fraction of sp³-hybridized carbons (Fsp3) is 0.357. The summed E-state index contributed by atoms with van der Waals surface area (Å²) >= 11 is 0. The van der Waals surface area contributed by atoms with E-state index in [4.69, 9.17) is 0 Å². The molecule has 5 heteroatoms. The molecule has 0 spiro atoms. The lowest BCUT2D eigenvalue weighted by Gasteiger charge is -2.05. The Kier molecular flexibility index (Phi) is 3.37. The first-order valence-corrected chi connectivity index (χ1v) is 6.52. The van der Waals surface area contributed by atoms with Crippen molar-refractivity contribution in [1.29, 1.82) is 0 Å². The van der Waals surface area contributed by atoms with E-state index in [9.17, 15) is 4.79 Å². The zero-order valence-electron chi connectivity index (χ0n) is 10.6. The van der Waals surface area contributed by atoms with Crippen molar-refractivity contribution in [1.82, 2.24) is 20.6 Å². The molecule has 19 heavy (non-hydrogen) atoms. The van der Waals surface area contributed by atoms with Crippen LogP contribution in [0.4, 0.5) is 0 Å². The molecule has 1 aliphatic carbocycles. The normalized spacial score (nSPS) is 14.5. The maximum absolute atomic E-state index is 11.5. The van der Waals surface area contributed by atoms with Gasteiger partial charge in [0.15, 0.2) is 0 Å². The van der Waals surface area contributed by atoms with Crippen LogP contribution in [-0.2, 0) is 11.3 Å². The number of hydrogen-bond acceptors (Lipinski definition) is 4. The molecule has 5 nitrogen and oxygen atoms in total. The van der Waals surface area contributed by atoms with Gasteiger partial charge in [-0.15, -0.1) is 0 Å². The molecule has 0 unspecified atom stereocenters. The first-order valence-electron chi connectivity index (χ1n) is 6.52. The number of rotatable bonds is 5. The fourth-order valence-electron chi connectivity index (χ4n) is 1.89. The van der Waals surface area contributed by atoms with Gasteiger partial charge in [0.25, 0.3) is 0 Å². The molecule has 1 aliphatic rings. The Hall–Kier alpha value is -2.01. The van der Waals surface area contributed by atoms with E-state index in [1.165, 1.54) is 0 Å². The molecule has 0 atom stereocenters. The summed E-state index contributed by atoms with van der Waals surface area (Å²) in [6.45, 7) is 0.876. The van der Waals surface area contributed by atoms with E-state index in [1.807, 2.05) is 24.3 Å². The van der Waals surface area contributed by atoms with Crippen molar-refractivity contribution in [2.24, 2.45) is 0 Å². The molecular formula is C14H16N4O. The summed E-state index contributed by atoms with van der Waals surface area (Å²) in [5.74, 6) is 0.0521. The molecule has 0 bridgehead atoms. The number of fused-ring (bicyclic) bond motifs is 1. The molecule has 1 aromatic heterocycles. The van der Waals surface area contributed by atoms with Gasteiger partial charge in [-0.3, -0.25) is 9.78 Å². The Balaban J connectivity index is 1.54. The van der Waals surface area contributed by atoms with Gasteiger partial charge < -0.3 is 10.6 Å². The number of nitrogens with zero attached hydrogens (tertiary/aromatic N) is 2. The van der Waals surface area contributed by atoms with Gasteiger partial charge in [0.1, 0.15) is 0 Å². The van der Waals surface area contributed by atoms with Crippen LogP contribution in [0.1, 0.15) is 18.5 Å². The minimum atomic E-state index is 0.0521. The number of amides is 1. The van der Waals surface area contributed by atoms with Crippen molar-refractivity contribution >= 4 is 16.9 Å². The molecule has 98 valence electrons. The van der Waals surface area contributed by atoms with E-state index in [1.54, 1.807) is 6.20 Å². The van der Waals surface area contributed by atoms with E-state index < -0.39 is 0 Å². The smallest absolute Gasteiger partial charge is 0.234 e. The van der Waals surface area contributed by atoms with Crippen LogP contribution in [0.25, 0.3) is 11.0 Å². The summed E-state index contributed by atoms with van der Waals surface area (Å²) in [7, 11) is 0. The van der Waals surface area contributed by atoms with Crippen molar-refractivity contribution in [2.75, 3.05) is 6.54 Å². The molecule has 0 aliphatic heterocycles. The molecule has 1 amide bonds. The van der Waals surface area contributed by atoms with Crippen molar-refractivity contribution in [3.05, 3.63) is 36.2 Å². The molecule has 3 rings (SSSR count). The quantitative estimate of drug-likeness (QED) is 0.837. The van der Waals surface area contributed by atoms with Crippen LogP contribution >= 0.6 is 0 Å². The third-order valence-electron chi connectivity index (χ3n) is 3.03. The van der Waals surface area contributed by atoms with Crippen molar-refractivity contribution in [3.63, 3.8) is 0 Å². The maximum Gasteiger partial charge on any atom is 0.234 e.